The number of hydrogen-bond acceptors (Lipinski definition) is 7. The molecule has 12 heteroatoms. The molecular weight excluding hydrogens is 481 g/mol. The normalized spacial score (nSPS) is 20.1. The molecule has 0 N–H and O–H groups in total. The maximum atomic E-state index is 13.6. The van der Waals surface area contributed by atoms with Gasteiger partial charge in [0.15, 0.2) is 5.82 Å². The molecule has 3 aromatic rings. The van der Waals surface area contributed by atoms with Gasteiger partial charge in [0.25, 0.3) is 0 Å². The number of halogens is 4. The van der Waals surface area contributed by atoms with Gasteiger partial charge < -0.3 is 9.80 Å². The van der Waals surface area contributed by atoms with Crippen molar-refractivity contribution in [2.24, 2.45) is 5.41 Å². The van der Waals surface area contributed by atoms with E-state index in [0.717, 1.165) is 48.9 Å². The number of aromatic nitrogens is 5. The molecule has 1 aromatic carbocycles. The second-order valence-corrected chi connectivity index (χ2v) is 10.3. The summed E-state index contributed by atoms with van der Waals surface area (Å²) < 4.78 is 42.6. The average molecular weight is 505 g/mol. The zero-order chi connectivity index (χ0) is 24.5. The van der Waals surface area contributed by atoms with E-state index in [1.807, 2.05) is 17.6 Å². The smallest absolute Gasteiger partial charge is 0.354 e. The van der Waals surface area contributed by atoms with Gasteiger partial charge in [-0.2, -0.15) is 13.2 Å². The number of anilines is 2. The molecule has 3 aliphatic rings. The first-order valence-corrected chi connectivity index (χ1v) is 11.8. The Kier molecular flexibility index (Phi) is 5.02. The van der Waals surface area contributed by atoms with Gasteiger partial charge >= 0.3 is 6.18 Å². The van der Waals surface area contributed by atoms with E-state index in [1.165, 1.54) is 11.8 Å². The lowest BCUT2D eigenvalue weighted by Crippen LogP contribution is -2.73. The molecule has 1 spiro atoms. The number of rotatable bonds is 3. The number of hydrogen-bond donors (Lipinski definition) is 0. The monoisotopic (exact) mass is 504 g/mol. The fourth-order valence-corrected chi connectivity index (χ4v) is 5.62. The predicted molar refractivity (Wildman–Crippen MR) is 125 cm³/mol. The van der Waals surface area contributed by atoms with Crippen LogP contribution >= 0.6 is 11.6 Å². The Balaban J connectivity index is 1.26. The highest BCUT2D eigenvalue weighted by atomic mass is 35.5. The number of alkyl halides is 3. The number of benzene rings is 1. The van der Waals surface area contributed by atoms with Crippen LogP contribution in [0.5, 0.6) is 0 Å². The van der Waals surface area contributed by atoms with Gasteiger partial charge in [-0.05, 0) is 37.6 Å². The molecule has 35 heavy (non-hydrogen) atoms. The van der Waals surface area contributed by atoms with Crippen LogP contribution in [0.2, 0.25) is 5.02 Å². The summed E-state index contributed by atoms with van der Waals surface area (Å²) in [6.07, 6.45) is -0.950. The molecule has 0 amide bonds. The van der Waals surface area contributed by atoms with Crippen molar-refractivity contribution in [3.63, 3.8) is 0 Å². The molecule has 2 aromatic heterocycles. The van der Waals surface area contributed by atoms with E-state index in [1.54, 1.807) is 24.5 Å². The minimum absolute atomic E-state index is 0.0404. The number of aryl methyl sites for hydroxylation is 1. The van der Waals surface area contributed by atoms with Gasteiger partial charge in [-0.15, -0.1) is 10.2 Å². The largest absolute Gasteiger partial charge is 0.403 e. The molecule has 8 nitrogen and oxygen atoms in total. The van der Waals surface area contributed by atoms with Gasteiger partial charge in [-0.3, -0.25) is 14.5 Å². The highest BCUT2D eigenvalue weighted by Gasteiger charge is 2.54. The van der Waals surface area contributed by atoms with Gasteiger partial charge in [0, 0.05) is 55.6 Å². The zero-order valence-corrected chi connectivity index (χ0v) is 20.1. The van der Waals surface area contributed by atoms with Crippen LogP contribution in [-0.4, -0.2) is 68.0 Å². The van der Waals surface area contributed by atoms with Crippen molar-refractivity contribution in [3.8, 4) is 5.69 Å². The lowest BCUT2D eigenvalue weighted by Gasteiger charge is -2.60. The highest BCUT2D eigenvalue weighted by Crippen LogP contribution is 2.44. The van der Waals surface area contributed by atoms with Crippen molar-refractivity contribution < 1.29 is 13.2 Å². The molecule has 1 unspecified atom stereocenters. The second kappa shape index (κ2) is 7.79. The van der Waals surface area contributed by atoms with Crippen molar-refractivity contribution in [3.05, 3.63) is 52.7 Å². The lowest BCUT2D eigenvalue weighted by atomic mass is 9.73. The second-order valence-electron chi connectivity index (χ2n) is 9.82. The van der Waals surface area contributed by atoms with Gasteiger partial charge in [0.2, 0.25) is 5.95 Å². The fraction of sp³-hybridized carbons (Fsp3) is 0.478. The van der Waals surface area contributed by atoms with Crippen LogP contribution in [0.4, 0.5) is 24.9 Å². The Hall–Kier alpha value is -2.92. The number of nitrogens with zero attached hydrogens (tertiary/aromatic N) is 8. The van der Waals surface area contributed by atoms with Crippen LogP contribution in [0.15, 0.2) is 30.6 Å². The molecule has 0 saturated carbocycles. The summed E-state index contributed by atoms with van der Waals surface area (Å²) in [6.45, 7) is 6.66. The van der Waals surface area contributed by atoms with Crippen molar-refractivity contribution in [2.75, 3.05) is 36.0 Å². The third kappa shape index (κ3) is 3.72. The molecular formula is C23H24ClF3N8. The van der Waals surface area contributed by atoms with E-state index >= 15 is 0 Å². The van der Waals surface area contributed by atoms with Crippen LogP contribution in [0.3, 0.4) is 0 Å². The molecule has 5 heterocycles. The quantitative estimate of drug-likeness (QED) is 0.540. The van der Waals surface area contributed by atoms with Crippen LogP contribution < -0.4 is 9.80 Å². The standard InChI is InChI=1S/C23H24ClF3N8/c1-14-20(29-6-5-28-14)33-10-22(11-33)12-34(13-22)21-31-30-19-9-32(15(2)23(25,26)27)8-16-7-17(24)3-4-18(16)35(19)21/h3-7,15H,8-13H2,1-2H3. The molecule has 6 rings (SSSR count). The first kappa shape index (κ1) is 22.5. The molecule has 2 fully saturated rings. The van der Waals surface area contributed by atoms with E-state index in [9.17, 15) is 13.2 Å². The Morgan fingerprint density at radius 2 is 1.71 bits per heavy atom. The molecule has 1 atom stereocenters. The molecule has 0 bridgehead atoms. The Morgan fingerprint density at radius 3 is 2.43 bits per heavy atom. The third-order valence-electron chi connectivity index (χ3n) is 7.28. The summed E-state index contributed by atoms with van der Waals surface area (Å²) in [6, 6.07) is 3.70. The van der Waals surface area contributed by atoms with E-state index in [-0.39, 0.29) is 18.5 Å². The Labute approximate surface area is 205 Å². The highest BCUT2D eigenvalue weighted by molar-refractivity contribution is 6.30. The predicted octanol–water partition coefficient (Wildman–Crippen LogP) is 3.61. The SMILES string of the molecule is Cc1nccnc1N1CC2(C1)CN(c1nnc3n1-c1ccc(Cl)cc1CN(C(C)C(F)(F)F)C3)C2. The first-order valence-electron chi connectivity index (χ1n) is 11.4. The van der Waals surface area contributed by atoms with Crippen molar-refractivity contribution in [1.29, 1.82) is 0 Å². The first-order chi connectivity index (χ1) is 16.6. The van der Waals surface area contributed by atoms with E-state index in [2.05, 4.69) is 30.0 Å². The average Bonchev–Trinajstić information content (AvgIpc) is 3.07. The van der Waals surface area contributed by atoms with E-state index < -0.39 is 12.2 Å². The molecule has 2 saturated heterocycles. The summed E-state index contributed by atoms with van der Waals surface area (Å²) in [5, 5.41) is 9.22. The van der Waals surface area contributed by atoms with Crippen molar-refractivity contribution in [2.45, 2.75) is 39.2 Å². The third-order valence-corrected chi connectivity index (χ3v) is 7.51. The maximum absolute atomic E-state index is 13.6. The minimum atomic E-state index is -4.35. The zero-order valence-electron chi connectivity index (χ0n) is 19.3. The van der Waals surface area contributed by atoms with Gasteiger partial charge in [0.1, 0.15) is 11.9 Å². The van der Waals surface area contributed by atoms with Crippen LogP contribution in [0.1, 0.15) is 24.0 Å². The van der Waals surface area contributed by atoms with Gasteiger partial charge in [-0.25, -0.2) is 4.98 Å². The molecule has 0 radical (unpaired) electrons. The minimum Gasteiger partial charge on any atom is -0.354 e. The fourth-order valence-electron chi connectivity index (χ4n) is 5.43. The summed E-state index contributed by atoms with van der Waals surface area (Å²) >= 11 is 6.22. The van der Waals surface area contributed by atoms with Crippen LogP contribution in [0.25, 0.3) is 5.69 Å². The summed E-state index contributed by atoms with van der Waals surface area (Å²) in [5.41, 5.74) is 2.54. The van der Waals surface area contributed by atoms with Crippen LogP contribution in [0, 0.1) is 12.3 Å². The maximum Gasteiger partial charge on any atom is 0.403 e. The van der Waals surface area contributed by atoms with Crippen molar-refractivity contribution >= 4 is 23.4 Å². The topological polar surface area (TPSA) is 66.2 Å². The van der Waals surface area contributed by atoms with Crippen molar-refractivity contribution in [1.82, 2.24) is 29.6 Å². The molecule has 0 aliphatic carbocycles. The van der Waals surface area contributed by atoms with Crippen LogP contribution in [-0.2, 0) is 13.1 Å². The number of fused-ring (bicyclic) bond motifs is 3. The Bertz CT molecular complexity index is 1280. The summed E-state index contributed by atoms with van der Waals surface area (Å²) in [5.74, 6) is 2.06. The van der Waals surface area contributed by atoms with E-state index in [4.69, 9.17) is 11.6 Å². The summed E-state index contributed by atoms with van der Waals surface area (Å²) in [4.78, 5) is 14.5. The molecule has 184 valence electrons. The van der Waals surface area contributed by atoms with Gasteiger partial charge in [-0.1, -0.05) is 11.6 Å². The molecule has 3 aliphatic heterocycles. The van der Waals surface area contributed by atoms with Gasteiger partial charge in [0.05, 0.1) is 17.9 Å². The Morgan fingerprint density at radius 1 is 1.00 bits per heavy atom. The summed E-state index contributed by atoms with van der Waals surface area (Å²) in [7, 11) is 0. The van der Waals surface area contributed by atoms with E-state index in [0.29, 0.717) is 16.8 Å². The lowest BCUT2D eigenvalue weighted by molar-refractivity contribution is -0.182.